The third-order valence-electron chi connectivity index (χ3n) is 4.71. The number of anilines is 1. The van der Waals surface area contributed by atoms with Crippen molar-refractivity contribution in [2.24, 2.45) is 5.92 Å². The van der Waals surface area contributed by atoms with Crippen molar-refractivity contribution >= 4 is 29.0 Å². The molecule has 3 rings (SSSR count). The predicted octanol–water partition coefficient (Wildman–Crippen LogP) is 5.25. The SMILES string of the molecule is CCOc1ccc(N2C(=O)C(O)=C(C(=O)CC(C)C)C2c2ccc(Cl)cc2)cc1. The Morgan fingerprint density at radius 1 is 1.14 bits per heavy atom. The molecule has 29 heavy (non-hydrogen) atoms. The van der Waals surface area contributed by atoms with Crippen molar-refractivity contribution in [1.82, 2.24) is 0 Å². The fourth-order valence-corrected chi connectivity index (χ4v) is 3.59. The average Bonchev–Trinajstić information content (AvgIpc) is 2.94. The second-order valence-corrected chi connectivity index (χ2v) is 7.78. The van der Waals surface area contributed by atoms with E-state index in [2.05, 4.69) is 0 Å². The van der Waals surface area contributed by atoms with Crippen molar-refractivity contribution in [1.29, 1.82) is 0 Å². The van der Waals surface area contributed by atoms with Gasteiger partial charge in [-0.1, -0.05) is 37.6 Å². The highest BCUT2D eigenvalue weighted by Gasteiger charge is 2.44. The zero-order valence-electron chi connectivity index (χ0n) is 16.7. The molecule has 0 bridgehead atoms. The lowest BCUT2D eigenvalue weighted by Gasteiger charge is -2.27. The van der Waals surface area contributed by atoms with Crippen LogP contribution >= 0.6 is 11.6 Å². The molecule has 5 nitrogen and oxygen atoms in total. The minimum Gasteiger partial charge on any atom is -0.503 e. The van der Waals surface area contributed by atoms with E-state index < -0.39 is 17.7 Å². The van der Waals surface area contributed by atoms with Gasteiger partial charge in [-0.25, -0.2) is 0 Å². The Hall–Kier alpha value is -2.79. The number of rotatable bonds is 7. The smallest absolute Gasteiger partial charge is 0.294 e. The standard InChI is InChI=1S/C23H24ClNO4/c1-4-29-18-11-9-17(10-12-18)25-21(15-5-7-16(24)8-6-15)20(22(27)23(25)28)19(26)13-14(2)3/h5-12,14,21,27H,4,13H2,1-3H3. The molecule has 0 spiro atoms. The van der Waals surface area contributed by atoms with Gasteiger partial charge in [0.1, 0.15) is 5.75 Å². The summed E-state index contributed by atoms with van der Waals surface area (Å²) in [5.41, 5.74) is 1.39. The van der Waals surface area contributed by atoms with Gasteiger partial charge in [0.15, 0.2) is 11.5 Å². The van der Waals surface area contributed by atoms with Crippen LogP contribution in [0.15, 0.2) is 59.9 Å². The van der Waals surface area contributed by atoms with Crippen LogP contribution in [0.5, 0.6) is 5.75 Å². The van der Waals surface area contributed by atoms with Crippen LogP contribution < -0.4 is 9.64 Å². The molecule has 1 atom stereocenters. The molecule has 0 radical (unpaired) electrons. The Bertz CT molecular complexity index is 932. The molecule has 1 amide bonds. The lowest BCUT2D eigenvalue weighted by Crippen LogP contribution is -2.31. The van der Waals surface area contributed by atoms with Crippen LogP contribution in [0.1, 0.15) is 38.8 Å². The summed E-state index contributed by atoms with van der Waals surface area (Å²) in [5.74, 6) is -0.549. The van der Waals surface area contributed by atoms with Crippen molar-refractivity contribution in [2.75, 3.05) is 11.5 Å². The molecule has 0 fully saturated rings. The number of ether oxygens (including phenoxy) is 1. The molecule has 0 saturated heterocycles. The highest BCUT2D eigenvalue weighted by Crippen LogP contribution is 2.42. The summed E-state index contributed by atoms with van der Waals surface area (Å²) in [4.78, 5) is 27.4. The van der Waals surface area contributed by atoms with E-state index >= 15 is 0 Å². The summed E-state index contributed by atoms with van der Waals surface area (Å²) in [7, 11) is 0. The molecule has 1 N–H and O–H groups in total. The number of hydrogen-bond donors (Lipinski definition) is 1. The van der Waals surface area contributed by atoms with Gasteiger partial charge in [-0.05, 0) is 54.8 Å². The van der Waals surface area contributed by atoms with Gasteiger partial charge in [-0.15, -0.1) is 0 Å². The first-order valence-electron chi connectivity index (χ1n) is 9.61. The number of Topliss-reactive ketones (excluding diaryl/α,β-unsaturated/α-hetero) is 1. The van der Waals surface area contributed by atoms with Gasteiger partial charge in [0, 0.05) is 17.1 Å². The predicted molar refractivity (Wildman–Crippen MR) is 113 cm³/mol. The van der Waals surface area contributed by atoms with E-state index in [0.29, 0.717) is 28.6 Å². The van der Waals surface area contributed by atoms with Gasteiger partial charge in [-0.2, -0.15) is 0 Å². The van der Waals surface area contributed by atoms with Gasteiger partial charge >= 0.3 is 0 Å². The number of aliphatic hydroxyl groups is 1. The lowest BCUT2D eigenvalue weighted by molar-refractivity contribution is -0.118. The second-order valence-electron chi connectivity index (χ2n) is 7.34. The topological polar surface area (TPSA) is 66.8 Å². The van der Waals surface area contributed by atoms with Crippen LogP contribution in [0.4, 0.5) is 5.69 Å². The maximum Gasteiger partial charge on any atom is 0.294 e. The number of benzene rings is 2. The zero-order valence-corrected chi connectivity index (χ0v) is 17.4. The van der Waals surface area contributed by atoms with Crippen LogP contribution in [0.25, 0.3) is 0 Å². The first-order chi connectivity index (χ1) is 13.8. The summed E-state index contributed by atoms with van der Waals surface area (Å²) in [6, 6.07) is 13.2. The third kappa shape index (κ3) is 4.30. The van der Waals surface area contributed by atoms with Gasteiger partial charge < -0.3 is 9.84 Å². The summed E-state index contributed by atoms with van der Waals surface area (Å²) < 4.78 is 5.47. The molecule has 0 saturated carbocycles. The molecule has 2 aromatic carbocycles. The molecule has 1 heterocycles. The molecular formula is C23H24ClNO4. The monoisotopic (exact) mass is 413 g/mol. The molecule has 0 aliphatic carbocycles. The van der Waals surface area contributed by atoms with Crippen LogP contribution in [0.2, 0.25) is 5.02 Å². The largest absolute Gasteiger partial charge is 0.503 e. The third-order valence-corrected chi connectivity index (χ3v) is 4.97. The molecule has 1 aliphatic heterocycles. The Morgan fingerprint density at radius 3 is 2.31 bits per heavy atom. The summed E-state index contributed by atoms with van der Waals surface area (Å²) >= 11 is 6.02. The molecular weight excluding hydrogens is 390 g/mol. The number of nitrogens with zero attached hydrogens (tertiary/aromatic N) is 1. The highest BCUT2D eigenvalue weighted by atomic mass is 35.5. The Kier molecular flexibility index (Phi) is 6.28. The van der Waals surface area contributed by atoms with Gasteiger partial charge in [0.05, 0.1) is 18.2 Å². The highest BCUT2D eigenvalue weighted by molar-refractivity contribution is 6.30. The molecule has 0 aromatic heterocycles. The van der Waals surface area contributed by atoms with E-state index in [1.165, 1.54) is 4.90 Å². The van der Waals surface area contributed by atoms with E-state index in [9.17, 15) is 14.7 Å². The van der Waals surface area contributed by atoms with E-state index in [1.807, 2.05) is 20.8 Å². The first kappa shape index (κ1) is 20.9. The number of amides is 1. The van der Waals surface area contributed by atoms with Crippen molar-refractivity contribution in [3.8, 4) is 5.75 Å². The molecule has 1 aliphatic rings. The summed E-state index contributed by atoms with van der Waals surface area (Å²) in [6.45, 7) is 6.27. The van der Waals surface area contributed by atoms with Crippen molar-refractivity contribution in [3.63, 3.8) is 0 Å². The zero-order chi connectivity index (χ0) is 21.1. The fraction of sp³-hybridized carbons (Fsp3) is 0.304. The summed E-state index contributed by atoms with van der Waals surface area (Å²) in [5, 5.41) is 11.2. The van der Waals surface area contributed by atoms with Gasteiger partial charge in [0.25, 0.3) is 5.91 Å². The van der Waals surface area contributed by atoms with Gasteiger partial charge in [-0.3, -0.25) is 14.5 Å². The maximum absolute atomic E-state index is 13.0. The molecule has 1 unspecified atom stereocenters. The number of hydrogen-bond acceptors (Lipinski definition) is 4. The summed E-state index contributed by atoms with van der Waals surface area (Å²) in [6.07, 6.45) is 0.244. The number of ketones is 1. The average molecular weight is 414 g/mol. The van der Waals surface area contributed by atoms with Crippen molar-refractivity contribution < 1.29 is 19.4 Å². The van der Waals surface area contributed by atoms with E-state index in [0.717, 1.165) is 0 Å². The minimum atomic E-state index is -0.719. The molecule has 6 heteroatoms. The van der Waals surface area contributed by atoms with E-state index in [4.69, 9.17) is 16.3 Å². The number of aliphatic hydroxyl groups excluding tert-OH is 1. The molecule has 2 aromatic rings. The van der Waals surface area contributed by atoms with Gasteiger partial charge in [0.2, 0.25) is 0 Å². The Labute approximate surface area is 175 Å². The van der Waals surface area contributed by atoms with Crippen LogP contribution in [0, 0.1) is 5.92 Å². The maximum atomic E-state index is 13.0. The Balaban J connectivity index is 2.08. The lowest BCUT2D eigenvalue weighted by atomic mass is 9.92. The first-order valence-corrected chi connectivity index (χ1v) is 9.99. The second kappa shape index (κ2) is 8.70. The quantitative estimate of drug-likeness (QED) is 0.672. The van der Waals surface area contributed by atoms with E-state index in [-0.39, 0.29) is 23.7 Å². The number of carbonyl (C=O) groups is 2. The Morgan fingerprint density at radius 2 is 1.76 bits per heavy atom. The van der Waals surface area contributed by atoms with E-state index in [1.54, 1.807) is 48.5 Å². The van der Waals surface area contributed by atoms with Crippen LogP contribution in [0.3, 0.4) is 0 Å². The van der Waals surface area contributed by atoms with Crippen LogP contribution in [-0.2, 0) is 9.59 Å². The number of carbonyl (C=O) groups excluding carboxylic acids is 2. The normalized spacial score (nSPS) is 16.7. The van der Waals surface area contributed by atoms with Crippen molar-refractivity contribution in [3.05, 3.63) is 70.4 Å². The molecule has 152 valence electrons. The minimum absolute atomic E-state index is 0.100. The fourth-order valence-electron chi connectivity index (χ4n) is 3.47. The van der Waals surface area contributed by atoms with Crippen LogP contribution in [-0.4, -0.2) is 23.4 Å². The number of halogens is 1. The van der Waals surface area contributed by atoms with Crippen molar-refractivity contribution in [2.45, 2.75) is 33.2 Å².